The van der Waals surface area contributed by atoms with Crippen LogP contribution in [0.25, 0.3) is 0 Å². The molecule has 0 saturated heterocycles. The average Bonchev–Trinajstić information content (AvgIpc) is 2.09. The van der Waals surface area contributed by atoms with Crippen LogP contribution in [0.2, 0.25) is 0 Å². The molecule has 0 aliphatic heterocycles. The summed E-state index contributed by atoms with van der Waals surface area (Å²) >= 11 is 1.33. The van der Waals surface area contributed by atoms with Gasteiger partial charge in [0.2, 0.25) is 0 Å². The van der Waals surface area contributed by atoms with E-state index < -0.39 is 4.92 Å². The van der Waals surface area contributed by atoms with Crippen molar-refractivity contribution in [1.82, 2.24) is 5.32 Å². The molecule has 0 radical (unpaired) electrons. The third-order valence-corrected chi connectivity index (χ3v) is 1.96. The lowest BCUT2D eigenvalue weighted by Gasteiger charge is -2.03. The van der Waals surface area contributed by atoms with E-state index in [1.54, 1.807) is 12.2 Å². The SMILES string of the molecule is C=CCNC(=C[N+](=O)[O-])SCC=C. The Kier molecular flexibility index (Phi) is 6.72. The fourth-order valence-corrected chi connectivity index (χ4v) is 1.19. The summed E-state index contributed by atoms with van der Waals surface area (Å²) in [5.41, 5.74) is 0. The van der Waals surface area contributed by atoms with Gasteiger partial charge >= 0.3 is 0 Å². The highest BCUT2D eigenvalue weighted by atomic mass is 32.2. The van der Waals surface area contributed by atoms with Gasteiger partial charge in [-0.15, -0.1) is 13.2 Å². The van der Waals surface area contributed by atoms with E-state index in [4.69, 9.17) is 0 Å². The third-order valence-electron chi connectivity index (χ3n) is 1.000. The first-order chi connectivity index (χ1) is 6.20. The Bertz CT molecular complexity index is 212. The summed E-state index contributed by atoms with van der Waals surface area (Å²) in [4.78, 5) is 9.68. The van der Waals surface area contributed by atoms with E-state index in [0.717, 1.165) is 6.20 Å². The van der Waals surface area contributed by atoms with Crippen molar-refractivity contribution in [1.29, 1.82) is 0 Å². The molecule has 0 heterocycles. The van der Waals surface area contributed by atoms with Crippen LogP contribution in [0.3, 0.4) is 0 Å². The third kappa shape index (κ3) is 7.14. The molecule has 0 aromatic heterocycles. The maximum atomic E-state index is 10.2. The maximum absolute atomic E-state index is 10.2. The van der Waals surface area contributed by atoms with E-state index >= 15 is 0 Å². The smallest absolute Gasteiger partial charge is 0.263 e. The molecule has 4 nitrogen and oxygen atoms in total. The van der Waals surface area contributed by atoms with E-state index in [1.807, 2.05) is 0 Å². The average molecular weight is 200 g/mol. The van der Waals surface area contributed by atoms with Crippen molar-refractivity contribution in [3.05, 3.63) is 46.7 Å². The standard InChI is InChI=1S/C8H12N2O2S/c1-3-5-9-8(7-10(11)12)13-6-4-2/h3-4,7,9H,1-2,5-6H2. The molecule has 13 heavy (non-hydrogen) atoms. The summed E-state index contributed by atoms with van der Waals surface area (Å²) in [6.07, 6.45) is 4.27. The molecule has 72 valence electrons. The van der Waals surface area contributed by atoms with Gasteiger partial charge in [-0.3, -0.25) is 10.1 Å². The van der Waals surface area contributed by atoms with Crippen molar-refractivity contribution in [3.63, 3.8) is 0 Å². The summed E-state index contributed by atoms with van der Waals surface area (Å²) in [5.74, 6) is 0.643. The highest BCUT2D eigenvalue weighted by molar-refractivity contribution is 8.03. The summed E-state index contributed by atoms with van der Waals surface area (Å²) in [5, 5.41) is 13.5. The Morgan fingerprint density at radius 2 is 2.23 bits per heavy atom. The molecule has 0 amide bonds. The molecule has 0 aliphatic carbocycles. The summed E-state index contributed by atoms with van der Waals surface area (Å²) < 4.78 is 0. The number of nitro groups is 1. The van der Waals surface area contributed by atoms with Crippen LogP contribution in [0.1, 0.15) is 0 Å². The lowest BCUT2D eigenvalue weighted by atomic mass is 10.6. The topological polar surface area (TPSA) is 55.2 Å². The zero-order valence-corrected chi connectivity index (χ0v) is 8.05. The minimum atomic E-state index is -0.485. The number of nitrogens with zero attached hydrogens (tertiary/aromatic N) is 1. The lowest BCUT2D eigenvalue weighted by Crippen LogP contribution is -2.12. The van der Waals surface area contributed by atoms with Gasteiger partial charge in [0.25, 0.3) is 6.20 Å². The van der Waals surface area contributed by atoms with Crippen molar-refractivity contribution in [2.24, 2.45) is 0 Å². The fourth-order valence-electron chi connectivity index (χ4n) is 0.551. The second-order valence-corrected chi connectivity index (χ2v) is 3.11. The van der Waals surface area contributed by atoms with Gasteiger partial charge in [0.1, 0.15) is 5.03 Å². The van der Waals surface area contributed by atoms with E-state index in [9.17, 15) is 10.1 Å². The Morgan fingerprint density at radius 3 is 2.69 bits per heavy atom. The molecule has 0 saturated carbocycles. The second kappa shape index (κ2) is 7.42. The molecule has 5 heteroatoms. The van der Waals surface area contributed by atoms with Crippen molar-refractivity contribution >= 4 is 11.8 Å². The predicted octanol–water partition coefficient (Wildman–Crippen LogP) is 1.76. The number of thioether (sulfide) groups is 1. The normalized spacial score (nSPS) is 10.6. The van der Waals surface area contributed by atoms with Crippen LogP contribution in [0.15, 0.2) is 36.5 Å². The summed E-state index contributed by atoms with van der Waals surface area (Å²) in [6.45, 7) is 7.55. The van der Waals surface area contributed by atoms with Crippen LogP contribution in [0, 0.1) is 10.1 Å². The van der Waals surface area contributed by atoms with Crippen molar-refractivity contribution in [3.8, 4) is 0 Å². The molecule has 0 aromatic carbocycles. The Morgan fingerprint density at radius 1 is 1.54 bits per heavy atom. The van der Waals surface area contributed by atoms with E-state index in [0.29, 0.717) is 17.3 Å². The Balaban J connectivity index is 4.08. The zero-order chi connectivity index (χ0) is 10.1. The van der Waals surface area contributed by atoms with Gasteiger partial charge in [0.05, 0.1) is 4.92 Å². The van der Waals surface area contributed by atoms with Crippen molar-refractivity contribution in [2.75, 3.05) is 12.3 Å². The van der Waals surface area contributed by atoms with Gasteiger partial charge in [-0.1, -0.05) is 23.9 Å². The van der Waals surface area contributed by atoms with E-state index in [-0.39, 0.29) is 0 Å². The van der Waals surface area contributed by atoms with E-state index in [2.05, 4.69) is 18.5 Å². The van der Waals surface area contributed by atoms with Crippen molar-refractivity contribution in [2.45, 2.75) is 0 Å². The van der Waals surface area contributed by atoms with Gasteiger partial charge in [-0.05, 0) is 0 Å². The summed E-state index contributed by atoms with van der Waals surface area (Å²) in [7, 11) is 0. The number of nitrogens with one attached hydrogen (secondary N) is 1. The van der Waals surface area contributed by atoms with Crippen molar-refractivity contribution < 1.29 is 4.92 Å². The van der Waals surface area contributed by atoms with Crippen LogP contribution in [0.5, 0.6) is 0 Å². The molecular weight excluding hydrogens is 188 g/mol. The fraction of sp³-hybridized carbons (Fsp3) is 0.250. The second-order valence-electron chi connectivity index (χ2n) is 2.05. The van der Waals surface area contributed by atoms with Gasteiger partial charge in [0.15, 0.2) is 0 Å². The van der Waals surface area contributed by atoms with Crippen LogP contribution in [0.4, 0.5) is 0 Å². The summed E-state index contributed by atoms with van der Waals surface area (Å²) in [6, 6.07) is 0. The maximum Gasteiger partial charge on any atom is 0.263 e. The minimum absolute atomic E-state index is 0.485. The minimum Gasteiger partial charge on any atom is -0.371 e. The van der Waals surface area contributed by atoms with Gasteiger partial charge in [-0.25, -0.2) is 0 Å². The number of rotatable bonds is 7. The molecule has 0 aromatic rings. The van der Waals surface area contributed by atoms with Crippen LogP contribution >= 0.6 is 11.8 Å². The first-order valence-corrected chi connectivity index (χ1v) is 4.63. The predicted molar refractivity (Wildman–Crippen MR) is 55.9 cm³/mol. The van der Waals surface area contributed by atoms with Crippen LogP contribution in [-0.2, 0) is 0 Å². The Labute approximate surface area is 81.6 Å². The first-order valence-electron chi connectivity index (χ1n) is 3.64. The largest absolute Gasteiger partial charge is 0.371 e. The molecule has 0 bridgehead atoms. The van der Waals surface area contributed by atoms with Crippen LogP contribution in [-0.4, -0.2) is 17.2 Å². The number of hydrogen-bond acceptors (Lipinski definition) is 4. The van der Waals surface area contributed by atoms with Gasteiger partial charge < -0.3 is 5.32 Å². The quantitative estimate of drug-likeness (QED) is 0.386. The molecule has 0 rings (SSSR count). The van der Waals surface area contributed by atoms with E-state index in [1.165, 1.54) is 11.8 Å². The molecule has 0 atom stereocenters. The molecule has 1 N–H and O–H groups in total. The first kappa shape index (κ1) is 11.8. The van der Waals surface area contributed by atoms with Gasteiger partial charge in [0, 0.05) is 12.3 Å². The lowest BCUT2D eigenvalue weighted by molar-refractivity contribution is -0.403. The number of hydrogen-bond donors (Lipinski definition) is 1. The highest BCUT2D eigenvalue weighted by Crippen LogP contribution is 2.11. The molecule has 0 spiro atoms. The molecular formula is C8H12N2O2S. The molecule has 0 aliphatic rings. The Hall–Kier alpha value is -1.23. The highest BCUT2D eigenvalue weighted by Gasteiger charge is 2.00. The monoisotopic (exact) mass is 200 g/mol. The molecule has 0 unspecified atom stereocenters. The van der Waals surface area contributed by atoms with Crippen LogP contribution < -0.4 is 5.32 Å². The van der Waals surface area contributed by atoms with Gasteiger partial charge in [-0.2, -0.15) is 0 Å². The zero-order valence-electron chi connectivity index (χ0n) is 7.23. The molecule has 0 fully saturated rings.